The number of pyridine rings is 1. The van der Waals surface area contributed by atoms with Gasteiger partial charge in [-0.05, 0) is 60.2 Å². The van der Waals surface area contributed by atoms with Gasteiger partial charge in [-0.2, -0.15) is 4.40 Å². The maximum atomic E-state index is 6.71. The molecule has 0 aliphatic rings. The molecule has 0 saturated carbocycles. The summed E-state index contributed by atoms with van der Waals surface area (Å²) in [4.78, 5) is 0. The number of benzene rings is 6. The van der Waals surface area contributed by atoms with Gasteiger partial charge in [-0.3, -0.25) is 4.57 Å². The number of para-hydroxylation sites is 4. The number of furan rings is 1. The van der Waals surface area contributed by atoms with E-state index in [1.165, 1.54) is 59.9 Å². The fourth-order valence-electron chi connectivity index (χ4n) is 7.68. The summed E-state index contributed by atoms with van der Waals surface area (Å²) in [7, 11) is 2.19. The Morgan fingerprint density at radius 3 is 2.19 bits per heavy atom. The number of rotatable bonds is 1. The number of hydrogen-bond donors (Lipinski definition) is 0. The molecule has 0 amide bonds. The lowest BCUT2D eigenvalue weighted by molar-refractivity contribution is -0.617. The first kappa shape index (κ1) is 23.0. The molecule has 0 unspecified atom stereocenters. The molecule has 10 rings (SSSR count). The highest BCUT2D eigenvalue weighted by molar-refractivity contribution is 6.29. The zero-order valence-corrected chi connectivity index (χ0v) is 23.8. The highest BCUT2D eigenvalue weighted by Crippen LogP contribution is 2.45. The molecule has 0 bridgehead atoms. The van der Waals surface area contributed by atoms with E-state index >= 15 is 0 Å². The lowest BCUT2D eigenvalue weighted by Crippen LogP contribution is -2.27. The average Bonchev–Trinajstić information content (AvgIpc) is 3.70. The van der Waals surface area contributed by atoms with E-state index in [-0.39, 0.29) is 0 Å². The maximum Gasteiger partial charge on any atom is 0.297 e. The molecule has 0 aliphatic carbocycles. The van der Waals surface area contributed by atoms with E-state index in [1.54, 1.807) is 0 Å². The van der Waals surface area contributed by atoms with E-state index < -0.39 is 0 Å². The number of aryl methyl sites for hydroxylation is 2. The minimum absolute atomic E-state index is 0.927. The van der Waals surface area contributed by atoms with Gasteiger partial charge in [0.05, 0.1) is 23.3 Å². The van der Waals surface area contributed by atoms with Gasteiger partial charge in [0.25, 0.3) is 5.65 Å². The van der Waals surface area contributed by atoms with Gasteiger partial charge >= 0.3 is 0 Å². The van der Waals surface area contributed by atoms with Crippen LogP contribution in [-0.2, 0) is 7.05 Å². The van der Waals surface area contributed by atoms with E-state index in [4.69, 9.17) is 4.42 Å². The zero-order valence-electron chi connectivity index (χ0n) is 23.8. The van der Waals surface area contributed by atoms with Gasteiger partial charge in [0.2, 0.25) is 5.65 Å². The van der Waals surface area contributed by atoms with Gasteiger partial charge in [0.15, 0.2) is 11.0 Å². The van der Waals surface area contributed by atoms with Crippen molar-refractivity contribution in [3.8, 4) is 5.69 Å². The molecule has 0 N–H and O–H groups in total. The van der Waals surface area contributed by atoms with E-state index in [1.807, 2.05) is 0 Å². The van der Waals surface area contributed by atoms with Crippen molar-refractivity contribution >= 4 is 82.1 Å². The predicted molar refractivity (Wildman–Crippen MR) is 177 cm³/mol. The Hall–Kier alpha value is -5.61. The van der Waals surface area contributed by atoms with Crippen LogP contribution in [0.2, 0.25) is 0 Å². The predicted octanol–water partition coefficient (Wildman–Crippen LogP) is 9.53. The Labute approximate surface area is 246 Å². The molecule has 10 aromatic rings. The molecular formula is C39H26N3O+. The van der Waals surface area contributed by atoms with Gasteiger partial charge in [0.1, 0.15) is 11.2 Å². The van der Waals surface area contributed by atoms with Crippen LogP contribution in [0, 0.1) is 6.92 Å². The summed E-state index contributed by atoms with van der Waals surface area (Å²) >= 11 is 0. The molecule has 4 heteroatoms. The Morgan fingerprint density at radius 1 is 0.605 bits per heavy atom. The van der Waals surface area contributed by atoms with Crippen LogP contribution in [0.4, 0.5) is 0 Å². The molecule has 4 heterocycles. The van der Waals surface area contributed by atoms with Crippen molar-refractivity contribution < 1.29 is 8.98 Å². The van der Waals surface area contributed by atoms with E-state index in [9.17, 15) is 0 Å². The molecule has 4 aromatic heterocycles. The Balaban J connectivity index is 1.58. The molecule has 0 atom stereocenters. The van der Waals surface area contributed by atoms with Crippen LogP contribution in [0.1, 0.15) is 5.56 Å². The summed E-state index contributed by atoms with van der Waals surface area (Å²) in [6.45, 7) is 2.23. The van der Waals surface area contributed by atoms with Crippen molar-refractivity contribution in [2.45, 2.75) is 6.92 Å². The molecular weight excluding hydrogens is 526 g/mol. The Morgan fingerprint density at radius 2 is 1.33 bits per heavy atom. The monoisotopic (exact) mass is 552 g/mol. The third-order valence-corrected chi connectivity index (χ3v) is 9.47. The van der Waals surface area contributed by atoms with Gasteiger partial charge in [-0.25, -0.2) is 4.57 Å². The normalized spacial score (nSPS) is 12.4. The average molecular weight is 553 g/mol. The SMILES string of the molecule is Cc1c2oc3ccc4ccccc4c3c2cc2c1c1n(c3ccccc3[n+]1C)c1c2c2ccccc2n1-c1ccccc1. The van der Waals surface area contributed by atoms with Gasteiger partial charge in [-0.1, -0.05) is 78.9 Å². The van der Waals surface area contributed by atoms with Crippen molar-refractivity contribution in [1.82, 2.24) is 8.97 Å². The second-order valence-electron chi connectivity index (χ2n) is 11.7. The summed E-state index contributed by atoms with van der Waals surface area (Å²) in [5.74, 6) is 0. The van der Waals surface area contributed by atoms with Crippen LogP contribution in [0.3, 0.4) is 0 Å². The summed E-state index contributed by atoms with van der Waals surface area (Å²) in [6.07, 6.45) is 0. The van der Waals surface area contributed by atoms with Crippen molar-refractivity contribution in [2.24, 2.45) is 7.05 Å². The van der Waals surface area contributed by atoms with Crippen molar-refractivity contribution in [1.29, 1.82) is 0 Å². The zero-order chi connectivity index (χ0) is 28.4. The number of fused-ring (bicyclic) bond motifs is 15. The Kier molecular flexibility index (Phi) is 4.29. The largest absolute Gasteiger partial charge is 0.456 e. The van der Waals surface area contributed by atoms with Crippen LogP contribution in [0.25, 0.3) is 87.8 Å². The second kappa shape index (κ2) is 8.02. The molecule has 0 saturated heterocycles. The third kappa shape index (κ3) is 2.78. The molecule has 0 fully saturated rings. The molecule has 0 aliphatic heterocycles. The summed E-state index contributed by atoms with van der Waals surface area (Å²) < 4.78 is 14.0. The summed E-state index contributed by atoms with van der Waals surface area (Å²) in [5.41, 5.74) is 10.1. The fourth-order valence-corrected chi connectivity index (χ4v) is 7.68. The first-order chi connectivity index (χ1) is 21.2. The molecule has 6 aromatic carbocycles. The van der Waals surface area contributed by atoms with E-state index in [0.717, 1.165) is 33.5 Å². The van der Waals surface area contributed by atoms with Gasteiger partial charge in [-0.15, -0.1) is 0 Å². The summed E-state index contributed by atoms with van der Waals surface area (Å²) in [5, 5.41) is 9.75. The smallest absolute Gasteiger partial charge is 0.297 e. The van der Waals surface area contributed by atoms with Gasteiger partial charge < -0.3 is 4.42 Å². The second-order valence-corrected chi connectivity index (χ2v) is 11.7. The highest BCUT2D eigenvalue weighted by atomic mass is 16.3. The van der Waals surface area contributed by atoms with Crippen molar-refractivity contribution in [3.05, 3.63) is 127 Å². The molecule has 0 spiro atoms. The van der Waals surface area contributed by atoms with Crippen LogP contribution in [0.15, 0.2) is 126 Å². The topological polar surface area (TPSA) is 26.4 Å². The number of nitrogens with zero attached hydrogens (tertiary/aromatic N) is 3. The van der Waals surface area contributed by atoms with Crippen LogP contribution in [-0.4, -0.2) is 8.97 Å². The molecule has 202 valence electrons. The van der Waals surface area contributed by atoms with Crippen molar-refractivity contribution in [3.63, 3.8) is 0 Å². The van der Waals surface area contributed by atoms with Crippen LogP contribution >= 0.6 is 0 Å². The first-order valence-electron chi connectivity index (χ1n) is 14.8. The lowest BCUT2D eigenvalue weighted by atomic mass is 9.97. The number of aromatic nitrogens is 3. The summed E-state index contributed by atoms with van der Waals surface area (Å²) in [6, 6.07) is 43.6. The fraction of sp³-hybridized carbons (Fsp3) is 0.0513. The number of hydrogen-bond acceptors (Lipinski definition) is 1. The number of imidazole rings is 1. The van der Waals surface area contributed by atoms with Crippen molar-refractivity contribution in [2.75, 3.05) is 0 Å². The molecule has 0 radical (unpaired) electrons. The van der Waals surface area contributed by atoms with Crippen LogP contribution in [0.5, 0.6) is 0 Å². The van der Waals surface area contributed by atoms with E-state index in [2.05, 4.69) is 149 Å². The Bertz CT molecular complexity index is 2800. The highest BCUT2D eigenvalue weighted by Gasteiger charge is 2.30. The minimum atomic E-state index is 0.927. The van der Waals surface area contributed by atoms with E-state index in [0.29, 0.717) is 0 Å². The third-order valence-electron chi connectivity index (χ3n) is 9.47. The quantitative estimate of drug-likeness (QED) is 0.186. The minimum Gasteiger partial charge on any atom is -0.456 e. The molecule has 4 nitrogen and oxygen atoms in total. The maximum absolute atomic E-state index is 6.71. The molecule has 43 heavy (non-hydrogen) atoms. The standard InChI is InChI=1S/C39H26N3O/c1-23-34-28(22-29-35-26-15-7-6-12-24(26)20-21-33(35)43-37(23)29)36-27-16-8-9-17-30(27)41(25-13-4-3-5-14-25)39(36)42-32-19-11-10-18-31(32)40(2)38(34)42/h3-22H,1-2H3/q+1. The first-order valence-corrected chi connectivity index (χ1v) is 14.8. The van der Waals surface area contributed by atoms with Crippen LogP contribution < -0.4 is 4.57 Å². The lowest BCUT2D eigenvalue weighted by Gasteiger charge is -2.09. The van der Waals surface area contributed by atoms with Gasteiger partial charge in [0, 0.05) is 32.8 Å².